The van der Waals surface area contributed by atoms with E-state index in [2.05, 4.69) is 0 Å². The number of hydrogen-bond donors (Lipinski definition) is 0. The predicted octanol–water partition coefficient (Wildman–Crippen LogP) is 18.0. The molecule has 0 aromatic heterocycles. The quantitative estimate of drug-likeness (QED) is 0.0195. The van der Waals surface area contributed by atoms with Gasteiger partial charge in [-0.2, -0.15) is 0 Å². The molecule has 0 aliphatic heterocycles. The first-order valence-corrected chi connectivity index (χ1v) is 41.7. The molecule has 0 saturated heterocycles. The first-order chi connectivity index (χ1) is 60.1. The Morgan fingerprint density at radius 3 is 0.537 bits per heavy atom. The topological polar surface area (TPSA) is 246 Å². The van der Waals surface area contributed by atoms with Crippen molar-refractivity contribution in [1.82, 2.24) is 14.7 Å². The lowest BCUT2D eigenvalue weighted by Gasteiger charge is -2.22. The molecule has 0 radical (unpaired) electrons. The largest absolute Gasteiger partial charge is 0.462 e. The molecule has 0 fully saturated rings. The summed E-state index contributed by atoms with van der Waals surface area (Å²) in [4.78, 5) is 129. The van der Waals surface area contributed by atoms with Crippen LogP contribution in [0, 0.1) is 0 Å². The van der Waals surface area contributed by atoms with Crippen molar-refractivity contribution in [2.24, 2.45) is 0 Å². The minimum atomic E-state index is -0.885. The number of hydrogen-bond acceptors (Lipinski definition) is 21. The third-order valence-corrected chi connectivity index (χ3v) is 21.3. The molecule has 0 heterocycles. The van der Waals surface area contributed by atoms with Crippen LogP contribution in [-0.4, -0.2) is 147 Å². The first-order valence-electron chi connectivity index (χ1n) is 41.7. The van der Waals surface area contributed by atoms with Crippen molar-refractivity contribution in [2.45, 2.75) is 97.4 Å². The van der Waals surface area contributed by atoms with Gasteiger partial charge in [0.1, 0.15) is 39.6 Å². The van der Waals surface area contributed by atoms with Gasteiger partial charge in [-0.05, 0) is 172 Å². The molecule has 0 amide bonds. The van der Waals surface area contributed by atoms with Gasteiger partial charge in [0.2, 0.25) is 0 Å². The monoisotopic (exact) mass is 1650 g/mol. The SMILES string of the molecule is O=C(CCN(CCCOC(=O)c1cc(C(=O)OCCCN(CCC(=O)OCc2ccc3ccccc3c2)CCC(=O)OCc2ccc3ccccc3c2)cc(C(=O)OCCCN(CCC(=O)OCc2ccc3ccccc3c2)CCC(=O)OCc2ccc3ccccc3c2)c1)CCC(=O)OCc1ccc2ccccc2c1)OCc1ccc2ccccc2c1. The lowest BCUT2D eigenvalue weighted by molar-refractivity contribution is -0.147. The second-order valence-electron chi connectivity index (χ2n) is 30.3. The van der Waals surface area contributed by atoms with Crippen LogP contribution in [0.2, 0.25) is 0 Å². The maximum absolute atomic E-state index is 14.3. The molecule has 21 heteroatoms. The zero-order valence-electron chi connectivity index (χ0n) is 68.8. The van der Waals surface area contributed by atoms with Crippen molar-refractivity contribution in [3.05, 3.63) is 323 Å². The fourth-order valence-electron chi connectivity index (χ4n) is 14.5. The Morgan fingerprint density at radius 1 is 0.187 bits per heavy atom. The fraction of sp³-hybridized carbons (Fsp3) is 0.265. The highest BCUT2D eigenvalue weighted by molar-refractivity contribution is 6.01. The van der Waals surface area contributed by atoms with Crippen molar-refractivity contribution in [3.63, 3.8) is 0 Å². The molecule has 0 bridgehead atoms. The summed E-state index contributed by atoms with van der Waals surface area (Å²) in [6.07, 6.45) is 0.609. The third kappa shape index (κ3) is 27.5. The average molecular weight is 1650 g/mol. The Morgan fingerprint density at radius 2 is 0.358 bits per heavy atom. The second kappa shape index (κ2) is 45.3. The molecule has 13 aromatic rings. The zero-order chi connectivity index (χ0) is 85.3. The minimum absolute atomic E-state index is 0.0130. The Hall–Kier alpha value is -13.5. The van der Waals surface area contributed by atoms with Crippen molar-refractivity contribution in [3.8, 4) is 0 Å². The van der Waals surface area contributed by atoms with Crippen LogP contribution in [-0.2, 0) is 111 Å². The number of nitrogens with zero attached hydrogens (tertiary/aromatic N) is 3. The van der Waals surface area contributed by atoms with Crippen LogP contribution in [0.4, 0.5) is 0 Å². The summed E-state index contributed by atoms with van der Waals surface area (Å²) < 4.78 is 51.9. The molecule has 13 rings (SSSR count). The number of esters is 9. The summed E-state index contributed by atoms with van der Waals surface area (Å²) >= 11 is 0. The molecule has 0 unspecified atom stereocenters. The van der Waals surface area contributed by atoms with E-state index < -0.39 is 53.7 Å². The van der Waals surface area contributed by atoms with Crippen LogP contribution in [0.25, 0.3) is 64.6 Å². The Bertz CT molecular complexity index is 5000. The lowest BCUT2D eigenvalue weighted by atomic mass is 10.1. The zero-order valence-corrected chi connectivity index (χ0v) is 68.8. The summed E-state index contributed by atoms with van der Waals surface area (Å²) in [5.74, 6) is -5.36. The number of ether oxygens (including phenoxy) is 9. The van der Waals surface area contributed by atoms with Gasteiger partial charge >= 0.3 is 53.7 Å². The van der Waals surface area contributed by atoms with Gasteiger partial charge in [-0.3, -0.25) is 28.8 Å². The van der Waals surface area contributed by atoms with Crippen molar-refractivity contribution >= 4 is 118 Å². The van der Waals surface area contributed by atoms with Gasteiger partial charge in [-0.1, -0.05) is 218 Å². The van der Waals surface area contributed by atoms with Crippen molar-refractivity contribution in [1.29, 1.82) is 0 Å². The van der Waals surface area contributed by atoms with Gasteiger partial charge in [0.05, 0.1) is 75.0 Å². The van der Waals surface area contributed by atoms with Crippen LogP contribution in [0.15, 0.2) is 273 Å². The van der Waals surface area contributed by atoms with E-state index in [9.17, 15) is 43.2 Å². The summed E-state index contributed by atoms with van der Waals surface area (Å²) in [6.45, 7) is 1.86. The van der Waals surface area contributed by atoms with E-state index >= 15 is 0 Å². The number of fused-ring (bicyclic) bond motifs is 6. The van der Waals surface area contributed by atoms with Gasteiger partial charge in [0.25, 0.3) is 0 Å². The fourth-order valence-corrected chi connectivity index (χ4v) is 14.5. The highest BCUT2D eigenvalue weighted by Crippen LogP contribution is 2.25. The van der Waals surface area contributed by atoms with E-state index in [1.165, 1.54) is 18.2 Å². The minimum Gasteiger partial charge on any atom is -0.462 e. The molecule has 21 nitrogen and oxygen atoms in total. The maximum Gasteiger partial charge on any atom is 0.338 e. The molecule has 0 aliphatic rings. The van der Waals surface area contributed by atoms with Crippen molar-refractivity contribution in [2.75, 3.05) is 78.7 Å². The van der Waals surface area contributed by atoms with E-state index in [0.717, 1.165) is 98.0 Å². The molecule has 123 heavy (non-hydrogen) atoms. The second-order valence-corrected chi connectivity index (χ2v) is 30.3. The highest BCUT2D eigenvalue weighted by Gasteiger charge is 2.23. The molecular formula is C102H99N3O18. The average Bonchev–Trinajstić information content (AvgIpc) is 0.830. The van der Waals surface area contributed by atoms with Gasteiger partial charge < -0.3 is 57.3 Å². The van der Waals surface area contributed by atoms with E-state index in [0.29, 0.717) is 0 Å². The van der Waals surface area contributed by atoms with Gasteiger partial charge in [0.15, 0.2) is 0 Å². The van der Waals surface area contributed by atoms with Gasteiger partial charge in [-0.25, -0.2) is 14.4 Å². The Labute approximate surface area is 714 Å². The van der Waals surface area contributed by atoms with E-state index in [-0.39, 0.29) is 193 Å². The standard InChI is InChI=1S/C102H99N3O18/c106-94(118-67-73-28-34-79-16-1-7-22-85(79)58-73)40-49-103(50-41-95(107)119-68-74-29-35-80-17-2-8-23-86(80)59-74)46-13-55-115-100(112)91-64-92(101(113)116-56-14-47-104(51-42-96(108)120-69-75-30-36-81-18-3-9-24-87(81)60-75)52-43-97(109)121-70-76-31-37-82-19-4-10-25-88(82)61-76)66-93(65-91)102(114)117-57-15-48-105(53-44-98(110)122-71-77-32-38-83-20-5-11-26-89(83)62-77)54-45-99(111)123-72-78-33-39-84-21-6-12-27-90(84)63-78/h1-12,16-39,58-66H,13-15,40-57,67-72H2. The van der Waals surface area contributed by atoms with E-state index in [1.54, 1.807) is 0 Å². The van der Waals surface area contributed by atoms with E-state index in [1.807, 2.05) is 269 Å². The molecule has 0 N–H and O–H groups in total. The normalized spacial score (nSPS) is 11.3. The lowest BCUT2D eigenvalue weighted by Crippen LogP contribution is -2.31. The van der Waals surface area contributed by atoms with Crippen LogP contribution >= 0.6 is 0 Å². The van der Waals surface area contributed by atoms with Crippen LogP contribution in [0.5, 0.6) is 0 Å². The summed E-state index contributed by atoms with van der Waals surface area (Å²) in [5.41, 5.74) is 4.44. The Balaban J connectivity index is 0.660. The summed E-state index contributed by atoms with van der Waals surface area (Å²) in [7, 11) is 0. The summed E-state index contributed by atoms with van der Waals surface area (Å²) in [6, 6.07) is 86.3. The molecular weight excluding hydrogens is 1560 g/mol. The summed E-state index contributed by atoms with van der Waals surface area (Å²) in [5, 5.41) is 12.4. The van der Waals surface area contributed by atoms with Crippen LogP contribution in [0.1, 0.15) is 122 Å². The number of carbonyl (C=O) groups is 9. The number of benzene rings is 13. The number of carbonyl (C=O) groups excluding carboxylic acids is 9. The van der Waals surface area contributed by atoms with Gasteiger partial charge in [-0.15, -0.1) is 0 Å². The molecule has 13 aromatic carbocycles. The van der Waals surface area contributed by atoms with Gasteiger partial charge in [0, 0.05) is 58.9 Å². The first kappa shape index (κ1) is 87.4. The molecule has 0 spiro atoms. The molecule has 0 aliphatic carbocycles. The molecule has 0 atom stereocenters. The Kier molecular flexibility index (Phi) is 32.1. The molecule has 0 saturated carbocycles. The van der Waals surface area contributed by atoms with E-state index in [4.69, 9.17) is 42.6 Å². The highest BCUT2D eigenvalue weighted by atomic mass is 16.6. The number of rotatable bonds is 45. The van der Waals surface area contributed by atoms with Crippen molar-refractivity contribution < 1.29 is 85.8 Å². The van der Waals surface area contributed by atoms with Crippen LogP contribution in [0.3, 0.4) is 0 Å². The van der Waals surface area contributed by atoms with Crippen LogP contribution < -0.4 is 0 Å². The maximum atomic E-state index is 14.3. The predicted molar refractivity (Wildman–Crippen MR) is 471 cm³/mol. The molecule has 630 valence electrons. The smallest absolute Gasteiger partial charge is 0.338 e. The third-order valence-electron chi connectivity index (χ3n) is 21.3.